The second kappa shape index (κ2) is 8.89. The number of nitrogens with one attached hydrogen (secondary N) is 1. The fraction of sp³-hybridized carbons (Fsp3) is 0.0833. The molecule has 0 aliphatic carbocycles. The van der Waals surface area contributed by atoms with Crippen molar-refractivity contribution in [2.75, 3.05) is 11.9 Å². The second-order valence-corrected chi connectivity index (χ2v) is 6.47. The summed E-state index contributed by atoms with van der Waals surface area (Å²) in [5.74, 6) is 0. The Labute approximate surface area is 169 Å². The van der Waals surface area contributed by atoms with Crippen LogP contribution in [0.25, 0.3) is 10.8 Å². The van der Waals surface area contributed by atoms with E-state index in [9.17, 15) is 0 Å². The molecule has 0 radical (unpaired) electrons. The summed E-state index contributed by atoms with van der Waals surface area (Å²) in [4.78, 5) is 0. The average Bonchev–Trinajstić information content (AvgIpc) is 2.78. The Morgan fingerprint density at radius 3 is 1.86 bits per heavy atom. The van der Waals surface area contributed by atoms with Crippen molar-refractivity contribution in [1.82, 2.24) is 0 Å². The van der Waals surface area contributed by atoms with Gasteiger partial charge in [-0.1, -0.05) is 48.5 Å². The van der Waals surface area contributed by atoms with Crippen molar-refractivity contribution in [1.29, 1.82) is 0 Å². The molecule has 0 bridgehead atoms. The Kier molecular flexibility index (Phi) is 5.67. The minimum atomic E-state index is 0.763. The largest absolute Gasteiger partial charge is 0.384 e. The predicted octanol–water partition coefficient (Wildman–Crippen LogP) is 8.10. The molecule has 4 rings (SSSR count). The third-order valence-electron chi connectivity index (χ3n) is 4.42. The van der Waals surface area contributed by atoms with Gasteiger partial charge in [-0.25, -0.2) is 0 Å². The zero-order valence-corrected chi connectivity index (χ0v) is 16.2. The van der Waals surface area contributed by atoms with E-state index in [2.05, 4.69) is 50.9 Å². The van der Waals surface area contributed by atoms with Crippen LogP contribution in [-0.4, -0.2) is 6.54 Å². The summed E-state index contributed by atoms with van der Waals surface area (Å²) in [6.45, 7) is 2.89. The molecule has 5 heteroatoms. The normalized spacial score (nSPS) is 11.5. The highest BCUT2D eigenvalue weighted by molar-refractivity contribution is 5.98. The maximum atomic E-state index is 4.55. The molecule has 4 aromatic carbocycles. The summed E-state index contributed by atoms with van der Waals surface area (Å²) in [6.07, 6.45) is 0. The van der Waals surface area contributed by atoms with Crippen LogP contribution in [0.15, 0.2) is 111 Å². The van der Waals surface area contributed by atoms with Crippen molar-refractivity contribution in [2.45, 2.75) is 6.92 Å². The van der Waals surface area contributed by atoms with Gasteiger partial charge in [-0.05, 0) is 54.8 Å². The third kappa shape index (κ3) is 4.52. The lowest BCUT2D eigenvalue weighted by atomic mass is 10.1. The number of anilines is 1. The van der Waals surface area contributed by atoms with E-state index >= 15 is 0 Å². The van der Waals surface area contributed by atoms with E-state index in [1.165, 1.54) is 0 Å². The topological polar surface area (TPSA) is 61.5 Å². The molecular formula is C24H21N5. The van der Waals surface area contributed by atoms with Crippen LogP contribution in [0.4, 0.5) is 28.4 Å². The molecule has 0 unspecified atom stereocenters. The van der Waals surface area contributed by atoms with Crippen molar-refractivity contribution in [3.05, 3.63) is 91.0 Å². The van der Waals surface area contributed by atoms with Gasteiger partial charge in [-0.2, -0.15) is 15.3 Å². The molecule has 0 aromatic heterocycles. The number of hydrogen-bond acceptors (Lipinski definition) is 5. The van der Waals surface area contributed by atoms with Crippen molar-refractivity contribution < 1.29 is 0 Å². The smallest absolute Gasteiger partial charge is 0.117 e. The van der Waals surface area contributed by atoms with Crippen LogP contribution in [0, 0.1) is 0 Å². The third-order valence-corrected chi connectivity index (χ3v) is 4.42. The molecular weight excluding hydrogens is 358 g/mol. The number of azo groups is 2. The Bertz CT molecular complexity index is 1150. The molecule has 0 saturated carbocycles. The Morgan fingerprint density at radius 2 is 1.17 bits per heavy atom. The summed E-state index contributed by atoms with van der Waals surface area (Å²) in [5.41, 5.74) is 4.18. The first kappa shape index (κ1) is 18.5. The van der Waals surface area contributed by atoms with Crippen LogP contribution < -0.4 is 5.32 Å². The van der Waals surface area contributed by atoms with Crippen molar-refractivity contribution in [2.24, 2.45) is 20.5 Å². The molecule has 0 spiro atoms. The molecule has 0 amide bonds. The van der Waals surface area contributed by atoms with Gasteiger partial charge in [0.1, 0.15) is 5.69 Å². The quantitative estimate of drug-likeness (QED) is 0.338. The number of hydrogen-bond donors (Lipinski definition) is 1. The molecule has 29 heavy (non-hydrogen) atoms. The predicted molar refractivity (Wildman–Crippen MR) is 119 cm³/mol. The summed E-state index contributed by atoms with van der Waals surface area (Å²) >= 11 is 0. The monoisotopic (exact) mass is 379 g/mol. The minimum absolute atomic E-state index is 0.763. The molecule has 142 valence electrons. The second-order valence-electron chi connectivity index (χ2n) is 6.47. The number of fused-ring (bicyclic) bond motifs is 1. The maximum Gasteiger partial charge on any atom is 0.117 e. The summed E-state index contributed by atoms with van der Waals surface area (Å²) in [5, 5.41) is 23.1. The molecule has 0 aliphatic heterocycles. The van der Waals surface area contributed by atoms with Crippen molar-refractivity contribution in [3.63, 3.8) is 0 Å². The van der Waals surface area contributed by atoms with Gasteiger partial charge in [-0.15, -0.1) is 5.11 Å². The van der Waals surface area contributed by atoms with E-state index in [4.69, 9.17) is 0 Å². The number of benzene rings is 4. The first-order chi connectivity index (χ1) is 14.3. The van der Waals surface area contributed by atoms with Crippen molar-refractivity contribution in [3.8, 4) is 0 Å². The van der Waals surface area contributed by atoms with E-state index in [1.54, 1.807) is 0 Å². The highest BCUT2D eigenvalue weighted by Gasteiger charge is 2.06. The molecule has 0 fully saturated rings. The van der Waals surface area contributed by atoms with Gasteiger partial charge in [0, 0.05) is 11.9 Å². The molecule has 5 nitrogen and oxygen atoms in total. The van der Waals surface area contributed by atoms with Gasteiger partial charge < -0.3 is 5.32 Å². The molecule has 4 aromatic rings. The fourth-order valence-corrected chi connectivity index (χ4v) is 3.00. The van der Waals surface area contributed by atoms with Crippen LogP contribution in [0.2, 0.25) is 0 Å². The van der Waals surface area contributed by atoms with Gasteiger partial charge in [0.05, 0.1) is 22.7 Å². The van der Waals surface area contributed by atoms with Gasteiger partial charge in [0.25, 0.3) is 0 Å². The van der Waals surface area contributed by atoms with E-state index in [0.717, 1.165) is 45.8 Å². The van der Waals surface area contributed by atoms with Crippen LogP contribution in [0.5, 0.6) is 0 Å². The fourth-order valence-electron chi connectivity index (χ4n) is 3.00. The maximum absolute atomic E-state index is 4.55. The minimum Gasteiger partial charge on any atom is -0.384 e. The van der Waals surface area contributed by atoms with Crippen LogP contribution in [0.3, 0.4) is 0 Å². The van der Waals surface area contributed by atoms with Gasteiger partial charge in [-0.3, -0.25) is 0 Å². The van der Waals surface area contributed by atoms with E-state index < -0.39 is 0 Å². The molecule has 1 N–H and O–H groups in total. The van der Waals surface area contributed by atoms with Gasteiger partial charge in [0.2, 0.25) is 0 Å². The lowest BCUT2D eigenvalue weighted by Crippen LogP contribution is -1.96. The van der Waals surface area contributed by atoms with Gasteiger partial charge >= 0.3 is 0 Å². The number of nitrogens with zero attached hydrogens (tertiary/aromatic N) is 4. The Balaban J connectivity index is 1.58. The zero-order valence-electron chi connectivity index (χ0n) is 16.2. The molecule has 0 aliphatic rings. The number of rotatable bonds is 6. The highest BCUT2D eigenvalue weighted by Crippen LogP contribution is 2.35. The highest BCUT2D eigenvalue weighted by atomic mass is 15.1. The van der Waals surface area contributed by atoms with E-state index in [-0.39, 0.29) is 0 Å². The standard InChI is InChI=1S/C24H21N5/c1-2-25-23-17-12-18-8-6-7-11-22(18)24(23)29-28-21-15-13-20(14-16-21)27-26-19-9-4-3-5-10-19/h3-17,25H,2H2,1H3/b27-26+,29-28+. The summed E-state index contributed by atoms with van der Waals surface area (Å²) in [6, 6.07) is 29.5. The van der Waals surface area contributed by atoms with Crippen LogP contribution in [-0.2, 0) is 0 Å². The molecule has 0 heterocycles. The van der Waals surface area contributed by atoms with E-state index in [1.807, 2.05) is 72.8 Å². The lowest BCUT2D eigenvalue weighted by molar-refractivity contribution is 1.19. The van der Waals surface area contributed by atoms with Crippen LogP contribution >= 0.6 is 0 Å². The van der Waals surface area contributed by atoms with Crippen molar-refractivity contribution >= 4 is 39.2 Å². The summed E-state index contributed by atoms with van der Waals surface area (Å²) in [7, 11) is 0. The van der Waals surface area contributed by atoms with Gasteiger partial charge in [0.15, 0.2) is 0 Å². The molecule has 0 saturated heterocycles. The van der Waals surface area contributed by atoms with E-state index in [0.29, 0.717) is 0 Å². The summed E-state index contributed by atoms with van der Waals surface area (Å²) < 4.78 is 0. The first-order valence-electron chi connectivity index (χ1n) is 9.58. The molecule has 0 atom stereocenters. The zero-order chi connectivity index (χ0) is 19.9. The Morgan fingerprint density at radius 1 is 0.586 bits per heavy atom. The Hall–Kier alpha value is -3.86. The van der Waals surface area contributed by atoms with Crippen LogP contribution in [0.1, 0.15) is 6.92 Å². The SMILES string of the molecule is CCNc1ccc2ccccc2c1/N=N/c1ccc(/N=N/c2ccccc2)cc1. The average molecular weight is 379 g/mol. The lowest BCUT2D eigenvalue weighted by Gasteiger charge is -2.09. The first-order valence-corrected chi connectivity index (χ1v) is 9.58.